The lowest BCUT2D eigenvalue weighted by atomic mass is 10.0. The molecule has 0 aliphatic heterocycles. The molecule has 0 N–H and O–H groups in total. The van der Waals surface area contributed by atoms with Crippen molar-refractivity contribution in [2.75, 3.05) is 0 Å². The molecule has 4 rings (SSSR count). The van der Waals surface area contributed by atoms with Crippen LogP contribution in [0.2, 0.25) is 0 Å². The molecule has 154 valence electrons. The van der Waals surface area contributed by atoms with E-state index in [9.17, 15) is 0 Å². The van der Waals surface area contributed by atoms with Crippen LogP contribution in [-0.2, 0) is 19.4 Å². The van der Waals surface area contributed by atoms with Crippen molar-refractivity contribution in [3.8, 4) is 16.3 Å². The van der Waals surface area contributed by atoms with Gasteiger partial charge in [0.1, 0.15) is 17.4 Å². The minimum atomic E-state index is 0.389. The Morgan fingerprint density at radius 2 is 1.80 bits per heavy atom. The summed E-state index contributed by atoms with van der Waals surface area (Å²) in [6, 6.07) is 18.5. The van der Waals surface area contributed by atoms with Crippen LogP contribution in [0.15, 0.2) is 65.1 Å². The number of ether oxygens (including phenoxy) is 1. The predicted octanol–water partition coefficient (Wildman–Crippen LogP) is 5.93. The van der Waals surface area contributed by atoms with Gasteiger partial charge in [-0.15, -0.1) is 21.5 Å². The van der Waals surface area contributed by atoms with Gasteiger partial charge in [0.15, 0.2) is 11.0 Å². The maximum Gasteiger partial charge on any atom is 0.191 e. The van der Waals surface area contributed by atoms with Gasteiger partial charge >= 0.3 is 0 Å². The van der Waals surface area contributed by atoms with E-state index < -0.39 is 0 Å². The van der Waals surface area contributed by atoms with Gasteiger partial charge in [-0.2, -0.15) is 0 Å². The third-order valence-electron chi connectivity index (χ3n) is 4.76. The van der Waals surface area contributed by atoms with Crippen LogP contribution >= 0.6 is 23.1 Å². The number of aromatic nitrogens is 4. The Morgan fingerprint density at radius 3 is 2.53 bits per heavy atom. The van der Waals surface area contributed by atoms with Crippen LogP contribution in [0, 0.1) is 0 Å². The molecule has 5 nitrogen and oxygen atoms in total. The molecule has 2 aromatic heterocycles. The summed E-state index contributed by atoms with van der Waals surface area (Å²) in [7, 11) is 1.97. The molecular formula is C23H24N4OS2. The zero-order valence-corrected chi connectivity index (χ0v) is 18.9. The molecule has 0 unspecified atom stereocenters. The number of thiazole rings is 1. The Bertz CT molecular complexity index is 1090. The normalized spacial score (nSPS) is 11.2. The van der Waals surface area contributed by atoms with Crippen LogP contribution in [0.5, 0.6) is 5.75 Å². The molecule has 0 atom stereocenters. The van der Waals surface area contributed by atoms with Gasteiger partial charge in [0, 0.05) is 23.7 Å². The summed E-state index contributed by atoms with van der Waals surface area (Å²) in [5.74, 6) is 2.91. The molecule has 0 saturated heterocycles. The fourth-order valence-corrected chi connectivity index (χ4v) is 4.67. The topological polar surface area (TPSA) is 52.8 Å². The van der Waals surface area contributed by atoms with Crippen LogP contribution in [0.3, 0.4) is 0 Å². The summed E-state index contributed by atoms with van der Waals surface area (Å²) in [4.78, 5) is 4.74. The molecule has 2 aromatic carbocycles. The van der Waals surface area contributed by atoms with Gasteiger partial charge < -0.3 is 9.30 Å². The number of hydrogen-bond acceptors (Lipinski definition) is 6. The van der Waals surface area contributed by atoms with Crippen molar-refractivity contribution in [2.24, 2.45) is 7.05 Å². The SMILES string of the molecule is CC(C)c1ccc(OCc2nnc(SCc3csc(-c4ccccc4)n3)n2C)cc1. The summed E-state index contributed by atoms with van der Waals surface area (Å²) in [5.41, 5.74) is 3.50. The number of hydrogen-bond donors (Lipinski definition) is 0. The van der Waals surface area contributed by atoms with E-state index in [-0.39, 0.29) is 0 Å². The Labute approximate surface area is 185 Å². The van der Waals surface area contributed by atoms with Crippen molar-refractivity contribution in [1.82, 2.24) is 19.7 Å². The van der Waals surface area contributed by atoms with Gasteiger partial charge in [-0.25, -0.2) is 4.98 Å². The highest BCUT2D eigenvalue weighted by Crippen LogP contribution is 2.27. The van der Waals surface area contributed by atoms with Crippen molar-refractivity contribution in [1.29, 1.82) is 0 Å². The Kier molecular flexibility index (Phi) is 6.50. The summed E-state index contributed by atoms with van der Waals surface area (Å²) >= 11 is 3.30. The first-order valence-electron chi connectivity index (χ1n) is 9.84. The number of rotatable bonds is 8. The van der Waals surface area contributed by atoms with E-state index in [0.29, 0.717) is 12.5 Å². The van der Waals surface area contributed by atoms with Crippen molar-refractivity contribution in [3.05, 3.63) is 77.1 Å². The molecule has 0 spiro atoms. The van der Waals surface area contributed by atoms with Crippen molar-refractivity contribution in [3.63, 3.8) is 0 Å². The van der Waals surface area contributed by atoms with Crippen molar-refractivity contribution >= 4 is 23.1 Å². The smallest absolute Gasteiger partial charge is 0.191 e. The molecule has 7 heteroatoms. The zero-order valence-electron chi connectivity index (χ0n) is 17.3. The molecule has 0 fully saturated rings. The highest BCUT2D eigenvalue weighted by molar-refractivity contribution is 7.98. The van der Waals surface area contributed by atoms with E-state index in [1.165, 1.54) is 5.56 Å². The summed E-state index contributed by atoms with van der Waals surface area (Å²) in [6.45, 7) is 4.76. The van der Waals surface area contributed by atoms with Gasteiger partial charge in [0.2, 0.25) is 0 Å². The van der Waals surface area contributed by atoms with Crippen LogP contribution < -0.4 is 4.74 Å². The van der Waals surface area contributed by atoms with Crippen LogP contribution in [0.25, 0.3) is 10.6 Å². The summed E-state index contributed by atoms with van der Waals surface area (Å²) in [6.07, 6.45) is 0. The fourth-order valence-electron chi connectivity index (χ4n) is 2.92. The highest BCUT2D eigenvalue weighted by atomic mass is 32.2. The van der Waals surface area contributed by atoms with E-state index in [1.807, 2.05) is 41.9 Å². The maximum absolute atomic E-state index is 5.89. The second-order valence-corrected chi connectivity index (χ2v) is 9.07. The average Bonchev–Trinajstić information content (AvgIpc) is 3.38. The van der Waals surface area contributed by atoms with Gasteiger partial charge in [0.25, 0.3) is 0 Å². The molecule has 0 bridgehead atoms. The van der Waals surface area contributed by atoms with Gasteiger partial charge in [-0.3, -0.25) is 0 Å². The third kappa shape index (κ3) is 4.91. The monoisotopic (exact) mass is 436 g/mol. The number of thioether (sulfide) groups is 1. The summed E-state index contributed by atoms with van der Waals surface area (Å²) < 4.78 is 7.88. The third-order valence-corrected chi connectivity index (χ3v) is 6.76. The standard InChI is InChI=1S/C23H24N4OS2/c1-16(2)17-9-11-20(12-10-17)28-13-21-25-26-23(27(21)3)30-15-19-14-29-22(24-19)18-7-5-4-6-8-18/h4-12,14,16H,13,15H2,1-3H3. The highest BCUT2D eigenvalue weighted by Gasteiger charge is 2.12. The fraction of sp³-hybridized carbons (Fsp3) is 0.261. The van der Waals surface area contributed by atoms with E-state index in [0.717, 1.165) is 38.7 Å². The maximum atomic E-state index is 5.89. The van der Waals surface area contributed by atoms with Crippen LogP contribution in [0.4, 0.5) is 0 Å². The van der Waals surface area contributed by atoms with Crippen LogP contribution in [-0.4, -0.2) is 19.7 Å². The van der Waals surface area contributed by atoms with Gasteiger partial charge in [0.05, 0.1) is 5.69 Å². The first-order chi connectivity index (χ1) is 14.6. The summed E-state index contributed by atoms with van der Waals surface area (Å²) in [5, 5.41) is 12.6. The van der Waals surface area contributed by atoms with E-state index >= 15 is 0 Å². The number of nitrogens with zero attached hydrogens (tertiary/aromatic N) is 4. The lowest BCUT2D eigenvalue weighted by Crippen LogP contribution is -2.04. The van der Waals surface area contributed by atoms with Crippen molar-refractivity contribution < 1.29 is 4.74 Å². The Morgan fingerprint density at radius 1 is 1.03 bits per heavy atom. The molecule has 0 amide bonds. The van der Waals surface area contributed by atoms with Crippen LogP contribution in [0.1, 0.15) is 36.8 Å². The molecule has 4 aromatic rings. The van der Waals surface area contributed by atoms with E-state index in [2.05, 4.69) is 53.7 Å². The second-order valence-electron chi connectivity index (χ2n) is 7.27. The molecule has 2 heterocycles. The molecule has 0 saturated carbocycles. The Hall–Kier alpha value is -2.64. The van der Waals surface area contributed by atoms with E-state index in [4.69, 9.17) is 9.72 Å². The lowest BCUT2D eigenvalue weighted by molar-refractivity contribution is 0.290. The molecule has 0 radical (unpaired) electrons. The minimum Gasteiger partial charge on any atom is -0.486 e. The van der Waals surface area contributed by atoms with Gasteiger partial charge in [-0.05, 0) is 23.6 Å². The Balaban J connectivity index is 1.34. The average molecular weight is 437 g/mol. The zero-order chi connectivity index (χ0) is 20.9. The van der Waals surface area contributed by atoms with E-state index in [1.54, 1.807) is 23.1 Å². The predicted molar refractivity (Wildman–Crippen MR) is 123 cm³/mol. The molecular weight excluding hydrogens is 412 g/mol. The largest absolute Gasteiger partial charge is 0.486 e. The first-order valence-corrected chi connectivity index (χ1v) is 11.7. The molecule has 0 aliphatic rings. The minimum absolute atomic E-state index is 0.389. The lowest BCUT2D eigenvalue weighted by Gasteiger charge is -2.09. The van der Waals surface area contributed by atoms with Crippen molar-refractivity contribution in [2.45, 2.75) is 37.3 Å². The number of benzene rings is 2. The first kappa shape index (κ1) is 20.6. The molecule has 30 heavy (non-hydrogen) atoms. The quantitative estimate of drug-likeness (QED) is 0.320. The molecule has 0 aliphatic carbocycles. The second kappa shape index (κ2) is 9.45. The van der Waals surface area contributed by atoms with Gasteiger partial charge in [-0.1, -0.05) is 68.1 Å².